The number of hydrogen-bond acceptors (Lipinski definition) is 7. The summed E-state index contributed by atoms with van der Waals surface area (Å²) < 4.78 is 13.7. The zero-order valence-corrected chi connectivity index (χ0v) is 20.0. The molecule has 176 valence electrons. The Balaban J connectivity index is 1.43. The lowest BCUT2D eigenvalue weighted by atomic mass is 10.1. The summed E-state index contributed by atoms with van der Waals surface area (Å²) in [5.74, 6) is 0.964. The molecule has 0 saturated heterocycles. The maximum atomic E-state index is 13.0. The maximum absolute atomic E-state index is 13.0. The number of thiophene rings is 1. The Kier molecular flexibility index (Phi) is 6.26. The molecule has 2 aromatic carbocycles. The van der Waals surface area contributed by atoms with Gasteiger partial charge in [-0.3, -0.25) is 4.79 Å². The SMILES string of the molecule is COc1cccc2c1c(C(=O)N/N=C/c1ccc(O)cc1)cn2Cc1cc(-c2ccc(Cl)s2)no1. The highest BCUT2D eigenvalue weighted by atomic mass is 35.5. The number of nitrogens with zero attached hydrogens (tertiary/aromatic N) is 3. The Morgan fingerprint density at radius 1 is 1.26 bits per heavy atom. The van der Waals surface area contributed by atoms with Gasteiger partial charge in [0.25, 0.3) is 5.91 Å². The molecule has 0 atom stereocenters. The average Bonchev–Trinajstić information content (AvgIpc) is 3.59. The molecule has 5 rings (SSSR count). The average molecular weight is 507 g/mol. The summed E-state index contributed by atoms with van der Waals surface area (Å²) in [6, 6.07) is 17.6. The molecule has 10 heteroatoms. The van der Waals surface area contributed by atoms with Crippen LogP contribution in [0.2, 0.25) is 4.34 Å². The highest BCUT2D eigenvalue weighted by Crippen LogP contribution is 2.33. The highest BCUT2D eigenvalue weighted by Gasteiger charge is 2.20. The quantitative estimate of drug-likeness (QED) is 0.223. The summed E-state index contributed by atoms with van der Waals surface area (Å²) >= 11 is 7.46. The van der Waals surface area contributed by atoms with Crippen LogP contribution in [0.3, 0.4) is 0 Å². The number of amides is 1. The van der Waals surface area contributed by atoms with Crippen LogP contribution in [0, 0.1) is 0 Å². The molecule has 0 fully saturated rings. The number of hydrogen-bond donors (Lipinski definition) is 2. The van der Waals surface area contributed by atoms with Crippen LogP contribution in [0.1, 0.15) is 21.7 Å². The molecule has 0 spiro atoms. The van der Waals surface area contributed by atoms with E-state index in [1.54, 1.807) is 43.6 Å². The van der Waals surface area contributed by atoms with Crippen LogP contribution < -0.4 is 10.2 Å². The van der Waals surface area contributed by atoms with Gasteiger partial charge >= 0.3 is 0 Å². The first-order valence-electron chi connectivity index (χ1n) is 10.5. The summed E-state index contributed by atoms with van der Waals surface area (Å²) in [5.41, 5.74) is 5.20. The Morgan fingerprint density at radius 3 is 2.83 bits per heavy atom. The minimum absolute atomic E-state index is 0.157. The summed E-state index contributed by atoms with van der Waals surface area (Å²) in [6.45, 7) is 0.361. The summed E-state index contributed by atoms with van der Waals surface area (Å²) in [5, 5.41) is 18.3. The van der Waals surface area contributed by atoms with Crippen LogP contribution in [0.5, 0.6) is 11.5 Å². The lowest BCUT2D eigenvalue weighted by molar-refractivity contribution is 0.0956. The third-order valence-corrected chi connectivity index (χ3v) is 6.57. The van der Waals surface area contributed by atoms with E-state index >= 15 is 0 Å². The molecule has 0 unspecified atom stereocenters. The number of carbonyl (C=O) groups excluding carboxylic acids is 1. The molecule has 35 heavy (non-hydrogen) atoms. The van der Waals surface area contributed by atoms with Gasteiger partial charge in [-0.2, -0.15) is 5.10 Å². The van der Waals surface area contributed by atoms with Gasteiger partial charge in [0.05, 0.1) is 45.5 Å². The van der Waals surface area contributed by atoms with E-state index in [0.29, 0.717) is 39.0 Å². The van der Waals surface area contributed by atoms with Crippen molar-refractivity contribution in [3.05, 3.63) is 88.1 Å². The van der Waals surface area contributed by atoms with Gasteiger partial charge in [0.1, 0.15) is 17.2 Å². The monoisotopic (exact) mass is 506 g/mol. The van der Waals surface area contributed by atoms with Crippen molar-refractivity contribution in [2.75, 3.05) is 7.11 Å². The number of rotatable bonds is 7. The highest BCUT2D eigenvalue weighted by molar-refractivity contribution is 7.19. The second-order valence-electron chi connectivity index (χ2n) is 7.60. The van der Waals surface area contributed by atoms with E-state index in [9.17, 15) is 9.90 Å². The number of aromatic nitrogens is 2. The lowest BCUT2D eigenvalue weighted by Gasteiger charge is -2.05. The molecule has 0 bridgehead atoms. The normalized spacial score (nSPS) is 11.4. The Labute approximate surface area is 209 Å². The lowest BCUT2D eigenvalue weighted by Crippen LogP contribution is -2.17. The number of aromatic hydroxyl groups is 1. The van der Waals surface area contributed by atoms with Crippen LogP contribution in [0.4, 0.5) is 0 Å². The molecule has 0 aliphatic heterocycles. The molecule has 5 aromatic rings. The van der Waals surface area contributed by atoms with Crippen molar-refractivity contribution < 1.29 is 19.2 Å². The minimum atomic E-state index is -0.389. The van der Waals surface area contributed by atoms with Gasteiger partial charge in [-0.05, 0) is 54.1 Å². The van der Waals surface area contributed by atoms with E-state index in [1.807, 2.05) is 34.9 Å². The second kappa shape index (κ2) is 9.65. The van der Waals surface area contributed by atoms with Crippen LogP contribution in [-0.4, -0.2) is 34.1 Å². The van der Waals surface area contributed by atoms with E-state index < -0.39 is 0 Å². The first-order chi connectivity index (χ1) is 17.0. The molecular formula is C25H19ClN4O4S. The smallest absolute Gasteiger partial charge is 0.273 e. The third kappa shape index (κ3) is 4.77. The Morgan fingerprint density at radius 2 is 2.09 bits per heavy atom. The minimum Gasteiger partial charge on any atom is -0.508 e. The van der Waals surface area contributed by atoms with Crippen molar-refractivity contribution in [2.24, 2.45) is 5.10 Å². The summed E-state index contributed by atoms with van der Waals surface area (Å²) in [4.78, 5) is 14.0. The number of carbonyl (C=O) groups is 1. The summed E-state index contributed by atoms with van der Waals surface area (Å²) in [6.07, 6.45) is 3.24. The summed E-state index contributed by atoms with van der Waals surface area (Å²) in [7, 11) is 1.56. The predicted octanol–water partition coefficient (Wildman–Crippen LogP) is 5.54. The van der Waals surface area contributed by atoms with Crippen molar-refractivity contribution in [2.45, 2.75) is 6.54 Å². The largest absolute Gasteiger partial charge is 0.508 e. The maximum Gasteiger partial charge on any atom is 0.273 e. The number of nitrogens with one attached hydrogen (secondary N) is 1. The van der Waals surface area contributed by atoms with Gasteiger partial charge in [0.2, 0.25) is 0 Å². The number of ether oxygens (including phenoxy) is 1. The topological polar surface area (TPSA) is 102 Å². The molecular weight excluding hydrogens is 488 g/mol. The second-order valence-corrected chi connectivity index (χ2v) is 9.31. The molecule has 3 heterocycles. The molecule has 0 aliphatic carbocycles. The first-order valence-corrected chi connectivity index (χ1v) is 11.7. The van der Waals surface area contributed by atoms with E-state index in [0.717, 1.165) is 16.0 Å². The van der Waals surface area contributed by atoms with E-state index in [4.69, 9.17) is 20.9 Å². The third-order valence-electron chi connectivity index (χ3n) is 5.32. The van der Waals surface area contributed by atoms with Crippen LogP contribution in [0.15, 0.2) is 76.5 Å². The van der Waals surface area contributed by atoms with Gasteiger partial charge in [-0.1, -0.05) is 22.8 Å². The molecule has 0 radical (unpaired) electrons. The van der Waals surface area contributed by atoms with Crippen molar-refractivity contribution in [1.82, 2.24) is 15.1 Å². The molecule has 0 saturated carbocycles. The number of fused-ring (bicyclic) bond motifs is 1. The number of hydrazone groups is 1. The number of halogens is 1. The first kappa shape index (κ1) is 22.7. The fourth-order valence-corrected chi connectivity index (χ4v) is 4.70. The van der Waals surface area contributed by atoms with Gasteiger partial charge < -0.3 is 18.9 Å². The number of phenolic OH excluding ortho intramolecular Hbond substituents is 1. The van der Waals surface area contributed by atoms with Gasteiger partial charge in [0.15, 0.2) is 5.76 Å². The van der Waals surface area contributed by atoms with Gasteiger partial charge in [0, 0.05) is 12.3 Å². The molecule has 2 N–H and O–H groups in total. The zero-order valence-electron chi connectivity index (χ0n) is 18.4. The number of methoxy groups -OCH3 is 1. The van der Waals surface area contributed by atoms with Crippen LogP contribution in [-0.2, 0) is 6.54 Å². The Hall–Kier alpha value is -4.08. The van der Waals surface area contributed by atoms with E-state index in [-0.39, 0.29) is 11.7 Å². The van der Waals surface area contributed by atoms with Gasteiger partial charge in [-0.25, -0.2) is 5.43 Å². The number of phenols is 1. The Bertz CT molecular complexity index is 1530. The van der Waals surface area contributed by atoms with Crippen molar-refractivity contribution in [3.8, 4) is 22.1 Å². The molecule has 3 aromatic heterocycles. The fraction of sp³-hybridized carbons (Fsp3) is 0.0800. The van der Waals surface area contributed by atoms with Crippen molar-refractivity contribution >= 4 is 46.0 Å². The zero-order chi connectivity index (χ0) is 24.4. The van der Waals surface area contributed by atoms with Gasteiger partial charge in [-0.15, -0.1) is 11.3 Å². The fourth-order valence-electron chi connectivity index (χ4n) is 3.70. The molecule has 1 amide bonds. The molecule has 8 nitrogen and oxygen atoms in total. The van der Waals surface area contributed by atoms with Crippen molar-refractivity contribution in [1.29, 1.82) is 0 Å². The standard InChI is InChI=1S/C25H19ClN4O4S/c1-33-21-4-2-3-20-24(21)18(25(32)28-27-12-15-5-7-16(31)8-6-15)14-30(20)13-17-11-19(29-34-17)22-9-10-23(26)35-22/h2-12,14,31H,13H2,1H3,(H,28,32)/b27-12+. The van der Waals surface area contributed by atoms with E-state index in [1.165, 1.54) is 17.6 Å². The number of benzene rings is 2. The van der Waals surface area contributed by atoms with E-state index in [2.05, 4.69) is 15.7 Å². The van der Waals surface area contributed by atoms with Crippen molar-refractivity contribution in [3.63, 3.8) is 0 Å². The predicted molar refractivity (Wildman–Crippen MR) is 136 cm³/mol. The van der Waals surface area contributed by atoms with Crippen LogP contribution in [0.25, 0.3) is 21.5 Å². The van der Waals surface area contributed by atoms with Crippen LogP contribution >= 0.6 is 22.9 Å². The molecule has 0 aliphatic rings.